The molecule has 1 N–H and O–H groups in total. The fourth-order valence-electron chi connectivity index (χ4n) is 5.59. The number of pyridine rings is 2. The van der Waals surface area contributed by atoms with Gasteiger partial charge in [-0.15, -0.1) is 0 Å². The zero-order valence-electron chi connectivity index (χ0n) is 20.9. The number of fused-ring (bicyclic) bond motifs is 2. The second-order valence-corrected chi connectivity index (χ2v) is 10.1. The van der Waals surface area contributed by atoms with Gasteiger partial charge in [0.05, 0.1) is 24.8 Å². The number of para-hydroxylation sites is 1. The van der Waals surface area contributed by atoms with E-state index in [9.17, 15) is 9.59 Å². The molecule has 2 aromatic heterocycles. The van der Waals surface area contributed by atoms with E-state index in [1.165, 1.54) is 24.7 Å². The molecule has 2 aliphatic rings. The molecule has 36 heavy (non-hydrogen) atoms. The Balaban J connectivity index is 1.71. The fraction of sp³-hybridized carbons (Fsp3) is 0.367. The van der Waals surface area contributed by atoms with Crippen LogP contribution in [0.5, 0.6) is 5.88 Å². The summed E-state index contributed by atoms with van der Waals surface area (Å²) in [6, 6.07) is 13.9. The van der Waals surface area contributed by atoms with Crippen LogP contribution in [0.4, 0.5) is 0 Å². The predicted octanol–water partition coefficient (Wildman–Crippen LogP) is 6.32. The van der Waals surface area contributed by atoms with E-state index in [0.29, 0.717) is 28.9 Å². The Morgan fingerprint density at radius 1 is 1.14 bits per heavy atom. The van der Waals surface area contributed by atoms with Gasteiger partial charge >= 0.3 is 5.97 Å². The van der Waals surface area contributed by atoms with E-state index in [1.54, 1.807) is 6.92 Å². The van der Waals surface area contributed by atoms with Crippen molar-refractivity contribution in [3.63, 3.8) is 0 Å². The van der Waals surface area contributed by atoms with Crippen molar-refractivity contribution in [1.29, 1.82) is 0 Å². The summed E-state index contributed by atoms with van der Waals surface area (Å²) < 4.78 is 10.9. The lowest BCUT2D eigenvalue weighted by molar-refractivity contribution is 0.0522. The van der Waals surface area contributed by atoms with Gasteiger partial charge in [0.2, 0.25) is 5.88 Å². The number of aromatic amines is 1. The molecule has 6 nitrogen and oxygen atoms in total. The van der Waals surface area contributed by atoms with E-state index in [-0.39, 0.29) is 18.0 Å². The number of ether oxygens (including phenoxy) is 2. The van der Waals surface area contributed by atoms with Gasteiger partial charge < -0.3 is 14.5 Å². The highest BCUT2D eigenvalue weighted by atomic mass is 16.5. The van der Waals surface area contributed by atoms with Crippen molar-refractivity contribution >= 4 is 27.8 Å². The summed E-state index contributed by atoms with van der Waals surface area (Å²) in [5, 5.41) is 1.87. The normalized spacial score (nSPS) is 19.3. The molecule has 2 aromatic carbocycles. The van der Waals surface area contributed by atoms with Gasteiger partial charge in [-0.3, -0.25) is 4.79 Å². The minimum atomic E-state index is -0.452. The quantitative estimate of drug-likeness (QED) is 0.325. The standard InChI is InChI=1S/C30H30N2O4/c1-4-36-30(34)24-15-22-21(19-12-16(19)2)14-20(17-9-7-10-17)26(27(22)32-29(24)35-3)23-13-18-8-5-6-11-25(18)31-28(23)33/h5-6,8,11,13-17,19H,4,7,9-10,12H2,1-3H3,(H,31,33)/t16?,19-/m0/s1. The first-order valence-electron chi connectivity index (χ1n) is 12.8. The summed E-state index contributed by atoms with van der Waals surface area (Å²) in [5.41, 5.74) is 5.55. The van der Waals surface area contributed by atoms with Crippen molar-refractivity contribution in [2.75, 3.05) is 13.7 Å². The number of H-pyrrole nitrogens is 1. The molecule has 2 aliphatic carbocycles. The van der Waals surface area contributed by atoms with Crippen LogP contribution >= 0.6 is 0 Å². The van der Waals surface area contributed by atoms with E-state index < -0.39 is 5.97 Å². The Morgan fingerprint density at radius 3 is 2.58 bits per heavy atom. The lowest BCUT2D eigenvalue weighted by Crippen LogP contribution is -2.16. The van der Waals surface area contributed by atoms with Crippen molar-refractivity contribution in [1.82, 2.24) is 9.97 Å². The van der Waals surface area contributed by atoms with Gasteiger partial charge in [-0.05, 0) is 78.7 Å². The van der Waals surface area contributed by atoms with Crippen LogP contribution in [0.2, 0.25) is 0 Å². The van der Waals surface area contributed by atoms with Crippen LogP contribution in [0.1, 0.15) is 72.9 Å². The first kappa shape index (κ1) is 22.8. The second-order valence-electron chi connectivity index (χ2n) is 10.1. The van der Waals surface area contributed by atoms with Crippen molar-refractivity contribution in [2.24, 2.45) is 5.92 Å². The highest BCUT2D eigenvalue weighted by Gasteiger charge is 2.38. The summed E-state index contributed by atoms with van der Waals surface area (Å²) in [7, 11) is 1.51. The van der Waals surface area contributed by atoms with Crippen LogP contribution in [0.3, 0.4) is 0 Å². The zero-order valence-corrected chi connectivity index (χ0v) is 20.9. The summed E-state index contributed by atoms with van der Waals surface area (Å²) in [6.07, 6.45) is 4.49. The molecule has 2 fully saturated rings. The van der Waals surface area contributed by atoms with E-state index in [1.807, 2.05) is 36.4 Å². The Hall–Kier alpha value is -3.67. The summed E-state index contributed by atoms with van der Waals surface area (Å²) in [5.74, 6) is 1.15. The molecule has 2 saturated carbocycles. The minimum Gasteiger partial charge on any atom is -0.480 e. The number of carbonyl (C=O) groups excluding carboxylic acids is 1. The Kier molecular flexibility index (Phi) is 5.55. The third-order valence-corrected chi connectivity index (χ3v) is 7.90. The van der Waals surface area contributed by atoms with E-state index in [2.05, 4.69) is 18.0 Å². The molecule has 0 aliphatic heterocycles. The maximum absolute atomic E-state index is 13.5. The molecule has 2 atom stereocenters. The number of rotatable bonds is 6. The fourth-order valence-corrected chi connectivity index (χ4v) is 5.59. The van der Waals surface area contributed by atoms with Crippen LogP contribution in [-0.4, -0.2) is 29.7 Å². The summed E-state index contributed by atoms with van der Waals surface area (Å²) in [6.45, 7) is 4.31. The Bertz CT molecular complexity index is 1570. The summed E-state index contributed by atoms with van der Waals surface area (Å²) >= 11 is 0. The van der Waals surface area contributed by atoms with Crippen LogP contribution in [0, 0.1) is 5.92 Å². The molecular weight excluding hydrogens is 452 g/mol. The lowest BCUT2D eigenvalue weighted by Gasteiger charge is -2.30. The Morgan fingerprint density at radius 2 is 1.92 bits per heavy atom. The maximum Gasteiger partial charge on any atom is 0.343 e. The van der Waals surface area contributed by atoms with Crippen LogP contribution in [0.15, 0.2) is 47.3 Å². The molecule has 6 rings (SSSR count). The molecule has 0 radical (unpaired) electrons. The molecule has 6 heteroatoms. The van der Waals surface area contributed by atoms with E-state index in [0.717, 1.165) is 46.6 Å². The Labute approximate surface area is 209 Å². The lowest BCUT2D eigenvalue weighted by atomic mass is 9.75. The number of nitrogens with zero attached hydrogens (tertiary/aromatic N) is 1. The third kappa shape index (κ3) is 3.67. The number of hydrogen-bond donors (Lipinski definition) is 1. The third-order valence-electron chi connectivity index (χ3n) is 7.90. The number of esters is 1. The predicted molar refractivity (Wildman–Crippen MR) is 141 cm³/mol. The molecule has 0 amide bonds. The van der Waals surface area contributed by atoms with Crippen molar-refractivity contribution in [3.05, 3.63) is 69.5 Å². The highest BCUT2D eigenvalue weighted by molar-refractivity contribution is 6.04. The van der Waals surface area contributed by atoms with Gasteiger partial charge in [-0.1, -0.05) is 37.6 Å². The molecule has 4 aromatic rings. The van der Waals surface area contributed by atoms with Crippen molar-refractivity contribution in [2.45, 2.75) is 51.4 Å². The zero-order chi connectivity index (χ0) is 25.0. The molecule has 0 saturated heterocycles. The summed E-state index contributed by atoms with van der Waals surface area (Å²) in [4.78, 5) is 34.3. The molecule has 184 valence electrons. The van der Waals surface area contributed by atoms with Gasteiger partial charge in [0.1, 0.15) is 5.56 Å². The molecular formula is C30H30N2O4. The van der Waals surface area contributed by atoms with Gasteiger partial charge in [0.25, 0.3) is 5.56 Å². The molecule has 2 heterocycles. The van der Waals surface area contributed by atoms with E-state index in [4.69, 9.17) is 14.5 Å². The highest BCUT2D eigenvalue weighted by Crippen LogP contribution is 2.53. The number of nitrogens with one attached hydrogen (secondary N) is 1. The average Bonchev–Trinajstić information content (AvgIpc) is 3.57. The topological polar surface area (TPSA) is 81.3 Å². The van der Waals surface area contributed by atoms with Crippen LogP contribution in [0.25, 0.3) is 32.9 Å². The van der Waals surface area contributed by atoms with Gasteiger partial charge in [-0.25, -0.2) is 9.78 Å². The SMILES string of the molecule is CCOC(=O)c1cc2c([C@H]3CC3C)cc(C3CCC3)c(-c3cc4ccccc4[nH]c3=O)c2nc1OC. The van der Waals surface area contributed by atoms with Gasteiger partial charge in [0, 0.05) is 16.5 Å². The van der Waals surface area contributed by atoms with Crippen molar-refractivity contribution < 1.29 is 14.3 Å². The van der Waals surface area contributed by atoms with Crippen LogP contribution < -0.4 is 10.3 Å². The number of hydrogen-bond acceptors (Lipinski definition) is 5. The number of aromatic nitrogens is 2. The van der Waals surface area contributed by atoms with Crippen LogP contribution in [-0.2, 0) is 4.74 Å². The van der Waals surface area contributed by atoms with Gasteiger partial charge in [0.15, 0.2) is 0 Å². The second kappa shape index (κ2) is 8.77. The smallest absolute Gasteiger partial charge is 0.343 e. The first-order valence-corrected chi connectivity index (χ1v) is 12.8. The maximum atomic E-state index is 13.5. The molecule has 0 spiro atoms. The first-order chi connectivity index (χ1) is 17.5. The number of benzene rings is 2. The van der Waals surface area contributed by atoms with Crippen molar-refractivity contribution in [3.8, 4) is 17.0 Å². The number of methoxy groups -OCH3 is 1. The monoisotopic (exact) mass is 482 g/mol. The van der Waals surface area contributed by atoms with Gasteiger partial charge in [-0.2, -0.15) is 0 Å². The molecule has 0 bridgehead atoms. The average molecular weight is 483 g/mol. The molecule has 1 unspecified atom stereocenters. The minimum absolute atomic E-state index is 0.140. The van der Waals surface area contributed by atoms with E-state index >= 15 is 0 Å². The largest absolute Gasteiger partial charge is 0.480 e. The number of carbonyl (C=O) groups is 1.